The molecule has 0 spiro atoms. The summed E-state index contributed by atoms with van der Waals surface area (Å²) in [5.74, 6) is 0. The summed E-state index contributed by atoms with van der Waals surface area (Å²) < 4.78 is 0. The summed E-state index contributed by atoms with van der Waals surface area (Å²) in [6.45, 7) is 2.04. The van der Waals surface area contributed by atoms with Crippen molar-refractivity contribution in [3.8, 4) is 0 Å². The average molecular weight is 311 g/mol. The summed E-state index contributed by atoms with van der Waals surface area (Å²) >= 11 is 5.61. The van der Waals surface area contributed by atoms with Crippen molar-refractivity contribution in [3.05, 3.63) is 34.9 Å². The number of hydrogen-bond donors (Lipinski definition) is 0. The van der Waals surface area contributed by atoms with Crippen molar-refractivity contribution in [3.63, 3.8) is 0 Å². The number of aryl methyl sites for hydroxylation is 1. The molecule has 58 valence electrons. The molecule has 0 bridgehead atoms. The molecule has 0 N–H and O–H groups in total. The van der Waals surface area contributed by atoms with Crippen LogP contribution in [0.1, 0.15) is 5.56 Å². The topological polar surface area (TPSA) is 0 Å². The van der Waals surface area contributed by atoms with Crippen molar-refractivity contribution >= 4 is 34.7 Å². The van der Waals surface area contributed by atoms with Crippen LogP contribution in [0.25, 0.3) is 0 Å². The maximum atomic E-state index is 5.61. The molecule has 0 aliphatic rings. The van der Waals surface area contributed by atoms with Crippen molar-refractivity contribution < 1.29 is 34.0 Å². The molecule has 0 nitrogen and oxygen atoms in total. The standard InChI is InChI=1S/C7H7Cl.2BrH.Mg/c1-6-2-4-7(8)5-3-6;;;/h2-5H,1H3;2*1H;/q;;;+2/p-2. The molecule has 0 aromatic heterocycles. The number of hydrogen-bond acceptors (Lipinski definition) is 0. The molecule has 0 atom stereocenters. The quantitative estimate of drug-likeness (QED) is 0.433. The predicted molar refractivity (Wildman–Crippen MR) is 41.9 cm³/mol. The summed E-state index contributed by atoms with van der Waals surface area (Å²) in [6.07, 6.45) is 0. The van der Waals surface area contributed by atoms with Gasteiger partial charge >= 0.3 is 23.1 Å². The Bertz CT molecular complexity index is 155. The second kappa shape index (κ2) is 9.33. The molecule has 0 fully saturated rings. The molecule has 1 aromatic rings. The van der Waals surface area contributed by atoms with Crippen molar-refractivity contribution in [1.29, 1.82) is 0 Å². The van der Waals surface area contributed by atoms with Crippen LogP contribution < -0.4 is 34.0 Å². The van der Waals surface area contributed by atoms with Crippen molar-refractivity contribution in [2.75, 3.05) is 0 Å². The summed E-state index contributed by atoms with van der Waals surface area (Å²) in [7, 11) is 0. The first-order valence-electron chi connectivity index (χ1n) is 2.51. The molecular weight excluding hydrogens is 304 g/mol. The summed E-state index contributed by atoms with van der Waals surface area (Å²) in [4.78, 5) is 0. The Balaban J connectivity index is -0.000000213. The van der Waals surface area contributed by atoms with E-state index in [1.165, 1.54) is 5.56 Å². The van der Waals surface area contributed by atoms with Crippen molar-refractivity contribution in [2.24, 2.45) is 0 Å². The fraction of sp³-hybridized carbons (Fsp3) is 0.143. The first-order valence-corrected chi connectivity index (χ1v) is 2.89. The molecule has 0 aliphatic heterocycles. The maximum absolute atomic E-state index is 5.61. The van der Waals surface area contributed by atoms with Gasteiger partial charge in [-0.2, -0.15) is 0 Å². The van der Waals surface area contributed by atoms with E-state index in [4.69, 9.17) is 11.6 Å². The minimum atomic E-state index is 0. The van der Waals surface area contributed by atoms with E-state index in [-0.39, 0.29) is 57.0 Å². The molecule has 0 aliphatic carbocycles. The maximum Gasteiger partial charge on any atom is 2.00 e. The third-order valence-corrected chi connectivity index (χ3v) is 1.26. The van der Waals surface area contributed by atoms with Crippen LogP contribution >= 0.6 is 11.6 Å². The number of rotatable bonds is 0. The minimum absolute atomic E-state index is 0. The van der Waals surface area contributed by atoms with Crippen LogP contribution in [0.4, 0.5) is 0 Å². The fourth-order valence-corrected chi connectivity index (χ4v) is 0.659. The monoisotopic (exact) mass is 308 g/mol. The SMILES string of the molecule is Cc1ccc(Cl)cc1.[Br-].[Br-].[Mg+2]. The van der Waals surface area contributed by atoms with E-state index < -0.39 is 0 Å². The molecule has 0 saturated heterocycles. The van der Waals surface area contributed by atoms with E-state index >= 15 is 0 Å². The zero-order valence-electron chi connectivity index (χ0n) is 6.15. The molecule has 0 amide bonds. The van der Waals surface area contributed by atoms with E-state index in [1.807, 2.05) is 31.2 Å². The Hall–Kier alpha value is 1.24. The van der Waals surface area contributed by atoms with Gasteiger partial charge in [-0.25, -0.2) is 0 Å². The second-order valence-corrected chi connectivity index (χ2v) is 2.23. The number of halogens is 3. The van der Waals surface area contributed by atoms with Gasteiger partial charge in [-0.1, -0.05) is 29.3 Å². The number of benzene rings is 1. The average Bonchev–Trinajstić information content (AvgIpc) is 1.77. The molecular formula is C7H7Br2ClMg. The van der Waals surface area contributed by atoms with Gasteiger partial charge in [0.25, 0.3) is 0 Å². The van der Waals surface area contributed by atoms with E-state index in [0.717, 1.165) is 5.02 Å². The molecule has 0 radical (unpaired) electrons. The Morgan fingerprint density at radius 3 is 1.64 bits per heavy atom. The summed E-state index contributed by atoms with van der Waals surface area (Å²) in [5, 5.41) is 0.801. The van der Waals surface area contributed by atoms with Crippen LogP contribution in [0.15, 0.2) is 24.3 Å². The largest absolute Gasteiger partial charge is 2.00 e. The first-order chi connectivity index (χ1) is 3.79. The fourth-order valence-electron chi connectivity index (χ4n) is 0.533. The van der Waals surface area contributed by atoms with Gasteiger partial charge in [0, 0.05) is 5.02 Å². The van der Waals surface area contributed by atoms with Crippen LogP contribution in [0.5, 0.6) is 0 Å². The van der Waals surface area contributed by atoms with Crippen LogP contribution in [0.3, 0.4) is 0 Å². The normalized spacial score (nSPS) is 6.73. The minimum Gasteiger partial charge on any atom is -1.00 e. The smallest absolute Gasteiger partial charge is 1.00 e. The summed E-state index contributed by atoms with van der Waals surface area (Å²) in [5.41, 5.74) is 1.24. The Labute approximate surface area is 109 Å². The van der Waals surface area contributed by atoms with E-state index in [0.29, 0.717) is 0 Å². The predicted octanol–water partition coefficient (Wildman–Crippen LogP) is -3.72. The van der Waals surface area contributed by atoms with Gasteiger partial charge < -0.3 is 34.0 Å². The van der Waals surface area contributed by atoms with Crippen LogP contribution in [-0.4, -0.2) is 23.1 Å². The van der Waals surface area contributed by atoms with Gasteiger partial charge in [-0.05, 0) is 19.1 Å². The zero-order chi connectivity index (χ0) is 5.98. The van der Waals surface area contributed by atoms with Crippen LogP contribution in [0.2, 0.25) is 5.02 Å². The van der Waals surface area contributed by atoms with E-state index in [9.17, 15) is 0 Å². The third-order valence-electron chi connectivity index (χ3n) is 1.01. The molecule has 0 saturated carbocycles. The van der Waals surface area contributed by atoms with Gasteiger partial charge in [0.05, 0.1) is 0 Å². The molecule has 0 unspecified atom stereocenters. The van der Waals surface area contributed by atoms with Crippen LogP contribution in [0, 0.1) is 6.92 Å². The van der Waals surface area contributed by atoms with E-state index in [1.54, 1.807) is 0 Å². The second-order valence-electron chi connectivity index (χ2n) is 1.80. The summed E-state index contributed by atoms with van der Waals surface area (Å²) in [6, 6.07) is 7.75. The van der Waals surface area contributed by atoms with Gasteiger partial charge in [0.1, 0.15) is 0 Å². The Morgan fingerprint density at radius 1 is 1.00 bits per heavy atom. The zero-order valence-corrected chi connectivity index (χ0v) is 11.5. The van der Waals surface area contributed by atoms with Gasteiger partial charge in [-0.15, -0.1) is 0 Å². The first kappa shape index (κ1) is 18.1. The van der Waals surface area contributed by atoms with Crippen molar-refractivity contribution in [1.82, 2.24) is 0 Å². The molecule has 0 heterocycles. The molecule has 1 aromatic carbocycles. The van der Waals surface area contributed by atoms with Crippen LogP contribution in [-0.2, 0) is 0 Å². The Morgan fingerprint density at radius 2 is 1.36 bits per heavy atom. The van der Waals surface area contributed by atoms with Gasteiger partial charge in [-0.3, -0.25) is 0 Å². The van der Waals surface area contributed by atoms with E-state index in [2.05, 4.69) is 0 Å². The van der Waals surface area contributed by atoms with Gasteiger partial charge in [0.2, 0.25) is 0 Å². The van der Waals surface area contributed by atoms with Crippen molar-refractivity contribution in [2.45, 2.75) is 6.92 Å². The molecule has 11 heavy (non-hydrogen) atoms. The van der Waals surface area contributed by atoms with Gasteiger partial charge in [0.15, 0.2) is 0 Å². The molecule has 1 rings (SSSR count). The third kappa shape index (κ3) is 7.59. The molecule has 4 heteroatoms. The Kier molecular flexibility index (Phi) is 15.4.